The molecule has 0 amide bonds. The van der Waals surface area contributed by atoms with E-state index in [-0.39, 0.29) is 5.56 Å². The van der Waals surface area contributed by atoms with Gasteiger partial charge in [-0.1, -0.05) is 18.2 Å². The molecule has 286 valence electrons. The van der Waals surface area contributed by atoms with Gasteiger partial charge in [0.25, 0.3) is 0 Å². The third-order valence-corrected chi connectivity index (χ3v) is 7.12. The van der Waals surface area contributed by atoms with Gasteiger partial charge in [-0.25, -0.2) is 4.79 Å². The number of benzene rings is 1. The van der Waals surface area contributed by atoms with Crippen LogP contribution in [-0.4, -0.2) is 122 Å². The average molecular weight is 741 g/mol. The molecule has 2 aliphatic rings. The molecule has 10 atom stereocenters. The van der Waals surface area contributed by atoms with Crippen molar-refractivity contribution >= 4 is 47.8 Å². The molecule has 0 aliphatic carbocycles. The van der Waals surface area contributed by atoms with Gasteiger partial charge in [0.05, 0.1) is 5.56 Å². The molecular weight excluding hydrogens is 700 g/mol. The molecule has 2 heterocycles. The molecule has 0 bridgehead atoms. The fourth-order valence-electron chi connectivity index (χ4n) is 5.30. The summed E-state index contributed by atoms with van der Waals surface area (Å²) in [6.45, 7) is 6.04. The predicted molar refractivity (Wildman–Crippen MR) is 165 cm³/mol. The van der Waals surface area contributed by atoms with Gasteiger partial charge < -0.3 is 52.1 Å². The number of esters is 8. The van der Waals surface area contributed by atoms with Gasteiger partial charge >= 0.3 is 47.8 Å². The van der Waals surface area contributed by atoms with E-state index in [0.717, 1.165) is 48.5 Å². The zero-order valence-electron chi connectivity index (χ0n) is 29.3. The van der Waals surface area contributed by atoms with Crippen molar-refractivity contribution in [3.63, 3.8) is 0 Å². The van der Waals surface area contributed by atoms with Gasteiger partial charge in [0.15, 0.2) is 36.8 Å². The van der Waals surface area contributed by atoms with E-state index in [4.69, 9.17) is 52.1 Å². The minimum Gasteiger partial charge on any atom is -0.463 e. The zero-order chi connectivity index (χ0) is 38.7. The molecule has 0 N–H and O–H groups in total. The van der Waals surface area contributed by atoms with E-state index in [1.807, 2.05) is 0 Å². The fourth-order valence-corrected chi connectivity index (χ4v) is 5.30. The number of hydrogen-bond donors (Lipinski definition) is 0. The molecule has 19 heteroatoms. The fraction of sp³-hybridized carbons (Fsp3) is 0.576. The SMILES string of the molecule is CC(=O)OC[C@H]1O[C@H](O[C@@H]2[C@H](OC(=O)c3ccccc3)[C@@H](OC(C)=O)O[C@H](COC(C)=O)[C@H]2OC(C)=O)[C@@H](OC(C)=O)[C@@H](OC(C)=O)[C@@H]1OC(C)=O. The minimum atomic E-state index is -1.90. The summed E-state index contributed by atoms with van der Waals surface area (Å²) in [5, 5.41) is 0. The Hall–Kier alpha value is -5.14. The van der Waals surface area contributed by atoms with Crippen LogP contribution in [0.25, 0.3) is 0 Å². The van der Waals surface area contributed by atoms with Crippen molar-refractivity contribution in [3.05, 3.63) is 35.9 Å². The van der Waals surface area contributed by atoms with Crippen molar-refractivity contribution in [1.82, 2.24) is 0 Å². The summed E-state index contributed by atoms with van der Waals surface area (Å²) < 4.78 is 61.5. The van der Waals surface area contributed by atoms with Crippen LogP contribution in [0.4, 0.5) is 0 Å². The van der Waals surface area contributed by atoms with E-state index in [9.17, 15) is 38.4 Å². The Morgan fingerprint density at radius 1 is 0.462 bits per heavy atom. The van der Waals surface area contributed by atoms with Crippen molar-refractivity contribution in [3.8, 4) is 0 Å². The van der Waals surface area contributed by atoms with Gasteiger partial charge in [-0.15, -0.1) is 0 Å². The first-order chi connectivity index (χ1) is 24.5. The van der Waals surface area contributed by atoms with Crippen molar-refractivity contribution in [2.24, 2.45) is 0 Å². The Balaban J connectivity index is 2.23. The van der Waals surface area contributed by atoms with Crippen LogP contribution in [0.1, 0.15) is 58.8 Å². The first-order valence-electron chi connectivity index (χ1n) is 15.8. The lowest BCUT2D eigenvalue weighted by Crippen LogP contribution is -2.67. The van der Waals surface area contributed by atoms with Gasteiger partial charge in [0.1, 0.15) is 31.5 Å². The Morgan fingerprint density at radius 2 is 0.865 bits per heavy atom. The van der Waals surface area contributed by atoms with E-state index < -0.39 is 122 Å². The highest BCUT2D eigenvalue weighted by Crippen LogP contribution is 2.36. The molecule has 0 spiro atoms. The number of hydrogen-bond acceptors (Lipinski definition) is 19. The maximum absolute atomic E-state index is 13.4. The average Bonchev–Trinajstić information content (AvgIpc) is 3.03. The molecule has 19 nitrogen and oxygen atoms in total. The van der Waals surface area contributed by atoms with Crippen molar-refractivity contribution in [2.75, 3.05) is 13.2 Å². The van der Waals surface area contributed by atoms with Gasteiger partial charge in [-0.2, -0.15) is 0 Å². The van der Waals surface area contributed by atoms with Crippen molar-refractivity contribution in [1.29, 1.82) is 0 Å². The van der Waals surface area contributed by atoms with E-state index in [1.165, 1.54) is 12.1 Å². The highest BCUT2D eigenvalue weighted by Gasteiger charge is 2.58. The van der Waals surface area contributed by atoms with Gasteiger partial charge in [-0.3, -0.25) is 33.6 Å². The lowest BCUT2D eigenvalue weighted by Gasteiger charge is -2.48. The molecule has 0 aromatic heterocycles. The van der Waals surface area contributed by atoms with Crippen molar-refractivity contribution < 1.29 is 90.5 Å². The Kier molecular flexibility index (Phi) is 15.0. The second-order valence-corrected chi connectivity index (χ2v) is 11.4. The Labute approximate surface area is 297 Å². The normalized spacial score (nSPS) is 28.2. The third kappa shape index (κ3) is 12.0. The van der Waals surface area contributed by atoms with Crippen LogP contribution in [0.15, 0.2) is 30.3 Å². The number of ether oxygens (including phenoxy) is 11. The first-order valence-corrected chi connectivity index (χ1v) is 15.8. The monoisotopic (exact) mass is 740 g/mol. The molecule has 0 radical (unpaired) electrons. The van der Waals surface area contributed by atoms with Gasteiger partial charge in [0, 0.05) is 48.5 Å². The molecule has 1 aromatic rings. The number of carbonyl (C=O) groups is 8. The summed E-state index contributed by atoms with van der Waals surface area (Å²) >= 11 is 0. The molecule has 1 aromatic carbocycles. The topological polar surface area (TPSA) is 238 Å². The van der Waals surface area contributed by atoms with Crippen molar-refractivity contribution in [2.45, 2.75) is 110 Å². The summed E-state index contributed by atoms with van der Waals surface area (Å²) in [5.41, 5.74) is 0.0289. The summed E-state index contributed by atoms with van der Waals surface area (Å²) in [6.07, 6.45) is -16.9. The summed E-state index contributed by atoms with van der Waals surface area (Å²) in [7, 11) is 0. The van der Waals surface area contributed by atoms with Crippen LogP contribution < -0.4 is 0 Å². The van der Waals surface area contributed by atoms with Crippen LogP contribution in [0.5, 0.6) is 0 Å². The van der Waals surface area contributed by atoms with Crippen LogP contribution in [0.3, 0.4) is 0 Å². The Bertz CT molecular complexity index is 1480. The quantitative estimate of drug-likeness (QED) is 0.197. The lowest BCUT2D eigenvalue weighted by molar-refractivity contribution is -0.357. The predicted octanol–water partition coefficient (Wildman–Crippen LogP) is 0.463. The molecule has 2 fully saturated rings. The summed E-state index contributed by atoms with van der Waals surface area (Å²) in [5.74, 6) is -7.15. The largest absolute Gasteiger partial charge is 0.463 e. The molecular formula is C33H40O19. The van der Waals surface area contributed by atoms with Gasteiger partial charge in [0.2, 0.25) is 6.29 Å². The molecule has 2 aliphatic heterocycles. The lowest BCUT2D eigenvalue weighted by atomic mass is 9.96. The van der Waals surface area contributed by atoms with Crippen LogP contribution >= 0.6 is 0 Å². The maximum Gasteiger partial charge on any atom is 0.338 e. The van der Waals surface area contributed by atoms with E-state index in [0.29, 0.717) is 0 Å². The summed E-state index contributed by atoms with van der Waals surface area (Å²) in [6, 6.07) is 7.54. The van der Waals surface area contributed by atoms with Crippen LogP contribution in [-0.2, 0) is 85.7 Å². The highest BCUT2D eigenvalue weighted by molar-refractivity contribution is 5.89. The Morgan fingerprint density at radius 3 is 1.33 bits per heavy atom. The minimum absolute atomic E-state index is 0.0289. The summed E-state index contributed by atoms with van der Waals surface area (Å²) in [4.78, 5) is 98.8. The van der Waals surface area contributed by atoms with E-state index in [2.05, 4.69) is 0 Å². The second-order valence-electron chi connectivity index (χ2n) is 11.4. The number of rotatable bonds is 13. The molecule has 0 unspecified atom stereocenters. The molecule has 2 saturated heterocycles. The van der Waals surface area contributed by atoms with E-state index >= 15 is 0 Å². The maximum atomic E-state index is 13.4. The van der Waals surface area contributed by atoms with Crippen LogP contribution in [0.2, 0.25) is 0 Å². The van der Waals surface area contributed by atoms with Gasteiger partial charge in [-0.05, 0) is 12.1 Å². The third-order valence-electron chi connectivity index (χ3n) is 7.12. The molecule has 0 saturated carbocycles. The molecule has 3 rings (SSSR count). The highest BCUT2D eigenvalue weighted by atomic mass is 16.8. The van der Waals surface area contributed by atoms with E-state index in [1.54, 1.807) is 18.2 Å². The smallest absolute Gasteiger partial charge is 0.338 e. The molecule has 52 heavy (non-hydrogen) atoms. The zero-order valence-corrected chi connectivity index (χ0v) is 29.3. The van der Waals surface area contributed by atoms with Crippen LogP contribution in [0, 0.1) is 0 Å². The number of carbonyl (C=O) groups excluding carboxylic acids is 8. The standard InChI is InChI=1S/C33H40O19/c1-15(34)42-13-23-25(44-17(3)36)27(46-19(5)38)29(47-20(6)39)33(50-23)52-28-26(45-18(4)37)24(14-43-16(2)35)49-32(48-21(7)40)30(28)51-31(41)22-11-9-8-10-12-22/h8-12,23-30,32-33H,13-14H2,1-7H3/t23-,24-,25-,26-,27+,28+,29+,30+,32+,33-/m1/s1. The first kappa shape index (κ1) is 41.3. The second kappa shape index (κ2) is 18.9.